The van der Waals surface area contributed by atoms with Gasteiger partial charge in [-0.3, -0.25) is 4.79 Å². The van der Waals surface area contributed by atoms with Gasteiger partial charge in [-0.05, 0) is 35.8 Å². The number of hydrogen-bond donors (Lipinski definition) is 1. The Morgan fingerprint density at radius 3 is 2.89 bits per heavy atom. The number of hydrogen-bond acceptors (Lipinski definition) is 2. The highest BCUT2D eigenvalue weighted by molar-refractivity contribution is 7.80. The van der Waals surface area contributed by atoms with Crippen molar-refractivity contribution >= 4 is 24.2 Å². The molecule has 0 aliphatic carbocycles. The number of halogens is 1. The number of rotatable bonds is 4. The summed E-state index contributed by atoms with van der Waals surface area (Å²) in [6.07, 6.45) is 2.20. The van der Waals surface area contributed by atoms with Crippen molar-refractivity contribution in [3.05, 3.63) is 29.6 Å². The summed E-state index contributed by atoms with van der Waals surface area (Å²) in [4.78, 5) is 13.7. The number of nitrogens with zero attached hydrogens (tertiary/aromatic N) is 1. The first-order valence-corrected chi connectivity index (χ1v) is 6.98. The normalized spacial score (nSPS) is 16.6. The van der Waals surface area contributed by atoms with Crippen molar-refractivity contribution in [1.29, 1.82) is 0 Å². The Labute approximate surface area is 113 Å². The zero-order chi connectivity index (χ0) is 13.1. The number of amides is 1. The molecule has 1 heterocycles. The number of anilines is 1. The quantitative estimate of drug-likeness (QED) is 0.831. The average molecular weight is 267 g/mol. The van der Waals surface area contributed by atoms with Crippen molar-refractivity contribution in [2.75, 3.05) is 17.2 Å². The van der Waals surface area contributed by atoms with Gasteiger partial charge >= 0.3 is 0 Å². The van der Waals surface area contributed by atoms with E-state index in [-0.39, 0.29) is 11.7 Å². The van der Waals surface area contributed by atoms with Gasteiger partial charge in [0.15, 0.2) is 0 Å². The Bertz CT molecular complexity index is 445. The molecule has 1 amide bonds. The fraction of sp³-hybridized carbons (Fsp3) is 0.500. The number of carbonyl (C=O) groups is 1. The molecule has 1 atom stereocenters. The van der Waals surface area contributed by atoms with Gasteiger partial charge < -0.3 is 4.90 Å². The molecule has 4 heteroatoms. The van der Waals surface area contributed by atoms with Crippen LogP contribution in [0.15, 0.2) is 18.2 Å². The van der Waals surface area contributed by atoms with E-state index in [2.05, 4.69) is 19.6 Å². The summed E-state index contributed by atoms with van der Waals surface area (Å²) < 4.78 is 13.3. The van der Waals surface area contributed by atoms with E-state index in [0.717, 1.165) is 23.4 Å². The lowest BCUT2D eigenvalue weighted by atomic mass is 9.99. The van der Waals surface area contributed by atoms with Crippen molar-refractivity contribution in [2.45, 2.75) is 26.2 Å². The van der Waals surface area contributed by atoms with E-state index in [4.69, 9.17) is 0 Å². The first-order valence-electron chi connectivity index (χ1n) is 6.35. The highest BCUT2D eigenvalue weighted by Crippen LogP contribution is 2.29. The van der Waals surface area contributed by atoms with Gasteiger partial charge in [-0.25, -0.2) is 4.39 Å². The van der Waals surface area contributed by atoms with E-state index in [1.165, 1.54) is 12.1 Å². The molecule has 0 aromatic heterocycles. The molecular weight excluding hydrogens is 249 g/mol. The lowest BCUT2D eigenvalue weighted by Crippen LogP contribution is -2.39. The lowest BCUT2D eigenvalue weighted by Gasteiger charge is -2.32. The minimum Gasteiger partial charge on any atom is -0.312 e. The van der Waals surface area contributed by atoms with Crippen molar-refractivity contribution < 1.29 is 9.18 Å². The molecule has 2 nitrogen and oxygen atoms in total. The second-order valence-corrected chi connectivity index (χ2v) is 5.10. The molecule has 1 aromatic carbocycles. The van der Waals surface area contributed by atoms with Crippen molar-refractivity contribution in [2.24, 2.45) is 5.92 Å². The number of aryl methyl sites for hydroxylation is 1. The van der Waals surface area contributed by atoms with Gasteiger partial charge in [-0.15, -0.1) is 0 Å². The average Bonchev–Trinajstić information content (AvgIpc) is 2.38. The maximum atomic E-state index is 13.3. The van der Waals surface area contributed by atoms with Crippen molar-refractivity contribution in [1.82, 2.24) is 0 Å². The van der Waals surface area contributed by atoms with E-state index in [9.17, 15) is 9.18 Å². The summed E-state index contributed by atoms with van der Waals surface area (Å²) in [5, 5.41) is 0. The summed E-state index contributed by atoms with van der Waals surface area (Å²) in [7, 11) is 0. The second-order valence-electron chi connectivity index (χ2n) is 4.73. The largest absolute Gasteiger partial charge is 0.312 e. The van der Waals surface area contributed by atoms with Crippen molar-refractivity contribution in [3.8, 4) is 0 Å². The van der Waals surface area contributed by atoms with Crippen LogP contribution in [0, 0.1) is 11.7 Å². The van der Waals surface area contributed by atoms with Crippen LogP contribution in [0.5, 0.6) is 0 Å². The molecule has 1 unspecified atom stereocenters. The highest BCUT2D eigenvalue weighted by atomic mass is 32.1. The van der Waals surface area contributed by atoms with Crippen LogP contribution in [-0.2, 0) is 11.2 Å². The molecule has 0 spiro atoms. The van der Waals surface area contributed by atoms with E-state index in [0.29, 0.717) is 25.3 Å². The second kappa shape index (κ2) is 5.74. The third-order valence-electron chi connectivity index (χ3n) is 3.52. The molecule has 0 N–H and O–H groups in total. The van der Waals surface area contributed by atoms with Gasteiger partial charge in [-0.1, -0.05) is 19.4 Å². The zero-order valence-electron chi connectivity index (χ0n) is 10.5. The summed E-state index contributed by atoms with van der Waals surface area (Å²) in [5.41, 5.74) is 1.80. The van der Waals surface area contributed by atoms with E-state index >= 15 is 0 Å². The molecule has 0 bridgehead atoms. The number of fused-ring (bicyclic) bond motifs is 1. The van der Waals surface area contributed by atoms with E-state index < -0.39 is 0 Å². The molecule has 0 fully saturated rings. The summed E-state index contributed by atoms with van der Waals surface area (Å²) in [5.74, 6) is 0.900. The van der Waals surface area contributed by atoms with Gasteiger partial charge in [0.05, 0.1) is 0 Å². The zero-order valence-corrected chi connectivity index (χ0v) is 11.4. The van der Waals surface area contributed by atoms with Crippen molar-refractivity contribution in [3.63, 3.8) is 0 Å². The predicted octanol–water partition coefficient (Wildman–Crippen LogP) is 3.06. The minimum absolute atomic E-state index is 0.0910. The molecule has 0 saturated carbocycles. The number of carbonyl (C=O) groups excluding carboxylic acids is 1. The molecule has 2 rings (SSSR count). The molecule has 1 aromatic rings. The summed E-state index contributed by atoms with van der Waals surface area (Å²) in [6.45, 7) is 2.72. The Morgan fingerprint density at radius 1 is 1.44 bits per heavy atom. The van der Waals surface area contributed by atoms with Gasteiger partial charge in [0.1, 0.15) is 5.82 Å². The molecule has 1 aliphatic rings. The van der Waals surface area contributed by atoms with Gasteiger partial charge in [0.2, 0.25) is 5.91 Å². The third kappa shape index (κ3) is 2.69. The fourth-order valence-corrected chi connectivity index (χ4v) is 2.66. The maximum Gasteiger partial charge on any atom is 0.227 e. The molecule has 98 valence electrons. The molecule has 1 aliphatic heterocycles. The van der Waals surface area contributed by atoms with Crippen LogP contribution >= 0.6 is 12.6 Å². The highest BCUT2D eigenvalue weighted by Gasteiger charge is 2.26. The van der Waals surface area contributed by atoms with Crippen LogP contribution in [-0.4, -0.2) is 18.2 Å². The Kier molecular flexibility index (Phi) is 4.27. The first kappa shape index (κ1) is 13.4. The van der Waals surface area contributed by atoms with Gasteiger partial charge in [-0.2, -0.15) is 12.6 Å². The molecule has 0 radical (unpaired) electrons. The first-order chi connectivity index (χ1) is 8.65. The molecule has 0 saturated heterocycles. The maximum absolute atomic E-state index is 13.3. The number of benzene rings is 1. The van der Waals surface area contributed by atoms with Crippen LogP contribution in [0.4, 0.5) is 10.1 Å². The molecular formula is C14H18FNOS. The third-order valence-corrected chi connectivity index (χ3v) is 4.04. The Morgan fingerprint density at radius 2 is 2.22 bits per heavy atom. The van der Waals surface area contributed by atoms with Crippen LogP contribution in [0.3, 0.4) is 0 Å². The van der Waals surface area contributed by atoms with Crippen LogP contribution in [0.25, 0.3) is 0 Å². The van der Waals surface area contributed by atoms with Gasteiger partial charge in [0.25, 0.3) is 0 Å². The van der Waals surface area contributed by atoms with Gasteiger partial charge in [0, 0.05) is 18.7 Å². The Hall–Kier alpha value is -1.03. The summed E-state index contributed by atoms with van der Waals surface area (Å²) in [6, 6.07) is 4.71. The Balaban J connectivity index is 2.29. The number of thiol groups is 1. The van der Waals surface area contributed by atoms with E-state index in [1.54, 1.807) is 11.0 Å². The topological polar surface area (TPSA) is 20.3 Å². The fourth-order valence-electron chi connectivity index (χ4n) is 2.28. The van der Waals surface area contributed by atoms with Crippen LogP contribution in [0.2, 0.25) is 0 Å². The SMILES string of the molecule is CCC(CS)CN1C(=O)CCc2ccc(F)cc21. The van der Waals surface area contributed by atoms with Crippen LogP contribution < -0.4 is 4.90 Å². The predicted molar refractivity (Wildman–Crippen MR) is 74.7 cm³/mol. The lowest BCUT2D eigenvalue weighted by molar-refractivity contribution is -0.119. The minimum atomic E-state index is -0.285. The monoisotopic (exact) mass is 267 g/mol. The summed E-state index contributed by atoms with van der Waals surface area (Å²) >= 11 is 4.30. The standard InChI is InChI=1S/C14H18FNOS/c1-2-10(9-18)8-16-13-7-12(15)5-3-11(13)4-6-14(16)17/h3,5,7,10,18H,2,4,6,8-9H2,1H3. The van der Waals surface area contributed by atoms with Crippen LogP contribution in [0.1, 0.15) is 25.3 Å². The molecule has 18 heavy (non-hydrogen) atoms. The smallest absolute Gasteiger partial charge is 0.227 e. The van der Waals surface area contributed by atoms with E-state index in [1.807, 2.05) is 0 Å².